The van der Waals surface area contributed by atoms with Crippen LogP contribution in [0.3, 0.4) is 0 Å². The minimum atomic E-state index is 0.712. The Hall–Kier alpha value is -1.91. The van der Waals surface area contributed by atoms with Crippen LogP contribution in [-0.4, -0.2) is 26.8 Å². The van der Waals surface area contributed by atoms with E-state index in [4.69, 9.17) is 0 Å². The standard InChI is InChI=1S/C12H17N5/c1-5-9-8(2)15-12(16-11(9)13-3)10-6-7-14-17(10)4/h6-7H,5H2,1-4H3,(H,13,15,16). The molecule has 0 fully saturated rings. The maximum atomic E-state index is 4.54. The van der Waals surface area contributed by atoms with E-state index >= 15 is 0 Å². The predicted octanol–water partition coefficient (Wildman–Crippen LogP) is 1.79. The summed E-state index contributed by atoms with van der Waals surface area (Å²) in [5, 5.41) is 7.27. The lowest BCUT2D eigenvalue weighted by Gasteiger charge is -2.11. The second-order valence-electron chi connectivity index (χ2n) is 3.90. The van der Waals surface area contributed by atoms with Crippen LogP contribution in [-0.2, 0) is 13.5 Å². The summed E-state index contributed by atoms with van der Waals surface area (Å²) in [6.07, 6.45) is 2.68. The Bertz CT molecular complexity index is 530. The summed E-state index contributed by atoms with van der Waals surface area (Å²) < 4.78 is 1.78. The first-order valence-corrected chi connectivity index (χ1v) is 5.71. The lowest BCUT2D eigenvalue weighted by atomic mass is 10.1. The first kappa shape index (κ1) is 11.6. The van der Waals surface area contributed by atoms with Gasteiger partial charge in [-0.25, -0.2) is 9.97 Å². The van der Waals surface area contributed by atoms with E-state index < -0.39 is 0 Å². The van der Waals surface area contributed by atoms with Crippen molar-refractivity contribution in [1.29, 1.82) is 0 Å². The number of hydrogen-bond donors (Lipinski definition) is 1. The molecule has 0 bridgehead atoms. The predicted molar refractivity (Wildman–Crippen MR) is 67.9 cm³/mol. The average Bonchev–Trinajstić information content (AvgIpc) is 2.74. The van der Waals surface area contributed by atoms with Gasteiger partial charge in [-0.3, -0.25) is 4.68 Å². The zero-order chi connectivity index (χ0) is 12.4. The second-order valence-corrected chi connectivity index (χ2v) is 3.90. The van der Waals surface area contributed by atoms with Crippen LogP contribution in [0.4, 0.5) is 5.82 Å². The molecule has 2 rings (SSSR count). The van der Waals surface area contributed by atoms with E-state index in [1.807, 2.05) is 27.1 Å². The van der Waals surface area contributed by atoms with Crippen molar-refractivity contribution < 1.29 is 0 Å². The Kier molecular flexibility index (Phi) is 3.08. The van der Waals surface area contributed by atoms with Crippen molar-refractivity contribution >= 4 is 5.82 Å². The summed E-state index contributed by atoms with van der Waals surface area (Å²) in [6, 6.07) is 1.92. The molecule has 0 atom stereocenters. The van der Waals surface area contributed by atoms with E-state index in [0.717, 1.165) is 23.6 Å². The number of hydrogen-bond acceptors (Lipinski definition) is 4. The normalized spacial score (nSPS) is 10.6. The van der Waals surface area contributed by atoms with Crippen LogP contribution < -0.4 is 5.32 Å². The molecule has 0 aromatic carbocycles. The highest BCUT2D eigenvalue weighted by molar-refractivity contribution is 5.56. The van der Waals surface area contributed by atoms with E-state index in [9.17, 15) is 0 Å². The van der Waals surface area contributed by atoms with Crippen molar-refractivity contribution in [3.05, 3.63) is 23.5 Å². The summed E-state index contributed by atoms with van der Waals surface area (Å²) in [5.41, 5.74) is 3.11. The molecule has 1 N–H and O–H groups in total. The van der Waals surface area contributed by atoms with Gasteiger partial charge in [-0.1, -0.05) is 6.92 Å². The van der Waals surface area contributed by atoms with Crippen LogP contribution in [0.1, 0.15) is 18.2 Å². The fourth-order valence-corrected chi connectivity index (χ4v) is 1.93. The van der Waals surface area contributed by atoms with Crippen LogP contribution >= 0.6 is 0 Å². The van der Waals surface area contributed by atoms with Gasteiger partial charge in [-0.2, -0.15) is 5.10 Å². The molecule has 0 saturated heterocycles. The van der Waals surface area contributed by atoms with Gasteiger partial charge in [0.15, 0.2) is 5.82 Å². The smallest absolute Gasteiger partial charge is 0.180 e. The quantitative estimate of drug-likeness (QED) is 0.875. The average molecular weight is 231 g/mol. The summed E-state index contributed by atoms with van der Waals surface area (Å²) in [5.74, 6) is 1.61. The van der Waals surface area contributed by atoms with Gasteiger partial charge in [0.25, 0.3) is 0 Å². The van der Waals surface area contributed by atoms with Gasteiger partial charge in [-0.05, 0) is 19.4 Å². The van der Waals surface area contributed by atoms with Gasteiger partial charge >= 0.3 is 0 Å². The molecule has 5 nitrogen and oxygen atoms in total. The van der Waals surface area contributed by atoms with Gasteiger partial charge in [0.05, 0.1) is 0 Å². The molecule has 0 radical (unpaired) electrons. The molecule has 90 valence electrons. The second kappa shape index (κ2) is 4.53. The van der Waals surface area contributed by atoms with Gasteiger partial charge in [0.2, 0.25) is 0 Å². The highest BCUT2D eigenvalue weighted by atomic mass is 15.3. The van der Waals surface area contributed by atoms with Crippen molar-refractivity contribution in [3.63, 3.8) is 0 Å². The number of rotatable bonds is 3. The van der Waals surface area contributed by atoms with E-state index in [-0.39, 0.29) is 0 Å². The minimum Gasteiger partial charge on any atom is -0.373 e. The Morgan fingerprint density at radius 2 is 2.12 bits per heavy atom. The molecular formula is C12H17N5. The molecule has 2 aromatic rings. The first-order valence-electron chi connectivity index (χ1n) is 5.71. The fourth-order valence-electron chi connectivity index (χ4n) is 1.93. The summed E-state index contributed by atoms with van der Waals surface area (Å²) in [4.78, 5) is 9.09. The highest BCUT2D eigenvalue weighted by Crippen LogP contribution is 2.21. The molecule has 5 heteroatoms. The Balaban J connectivity index is 2.58. The highest BCUT2D eigenvalue weighted by Gasteiger charge is 2.12. The van der Waals surface area contributed by atoms with E-state index in [2.05, 4.69) is 27.3 Å². The number of nitrogens with one attached hydrogen (secondary N) is 1. The molecule has 2 aromatic heterocycles. The topological polar surface area (TPSA) is 55.6 Å². The number of anilines is 1. The number of nitrogens with zero attached hydrogens (tertiary/aromatic N) is 4. The Morgan fingerprint density at radius 3 is 2.65 bits per heavy atom. The maximum absolute atomic E-state index is 4.54. The van der Waals surface area contributed by atoms with Crippen LogP contribution in [0.2, 0.25) is 0 Å². The zero-order valence-corrected chi connectivity index (χ0v) is 10.7. The van der Waals surface area contributed by atoms with Crippen LogP contribution in [0.15, 0.2) is 12.3 Å². The monoisotopic (exact) mass is 231 g/mol. The molecule has 0 unspecified atom stereocenters. The summed E-state index contributed by atoms with van der Waals surface area (Å²) >= 11 is 0. The van der Waals surface area contributed by atoms with Gasteiger partial charge in [-0.15, -0.1) is 0 Å². The van der Waals surface area contributed by atoms with E-state index in [0.29, 0.717) is 5.82 Å². The molecule has 2 heterocycles. The third-order valence-corrected chi connectivity index (χ3v) is 2.85. The number of aryl methyl sites for hydroxylation is 2. The number of aromatic nitrogens is 4. The van der Waals surface area contributed by atoms with Crippen molar-refractivity contribution in [1.82, 2.24) is 19.7 Å². The molecule has 0 aliphatic carbocycles. The molecule has 0 aliphatic heterocycles. The molecule has 0 aliphatic rings. The molecule has 0 saturated carbocycles. The van der Waals surface area contributed by atoms with Crippen LogP contribution in [0.5, 0.6) is 0 Å². The van der Waals surface area contributed by atoms with Crippen molar-refractivity contribution in [2.75, 3.05) is 12.4 Å². The third-order valence-electron chi connectivity index (χ3n) is 2.85. The largest absolute Gasteiger partial charge is 0.373 e. The van der Waals surface area contributed by atoms with Crippen LogP contribution in [0, 0.1) is 6.92 Å². The molecule has 0 spiro atoms. The first-order chi connectivity index (χ1) is 8.17. The van der Waals surface area contributed by atoms with Gasteiger partial charge in [0.1, 0.15) is 11.5 Å². The minimum absolute atomic E-state index is 0.712. The van der Waals surface area contributed by atoms with Gasteiger partial charge < -0.3 is 5.32 Å². The zero-order valence-electron chi connectivity index (χ0n) is 10.7. The SMILES string of the molecule is CCc1c(C)nc(-c2ccnn2C)nc1NC. The van der Waals surface area contributed by atoms with Gasteiger partial charge in [0, 0.05) is 31.5 Å². The van der Waals surface area contributed by atoms with Crippen LogP contribution in [0.25, 0.3) is 11.5 Å². The fraction of sp³-hybridized carbons (Fsp3) is 0.417. The summed E-state index contributed by atoms with van der Waals surface area (Å²) in [7, 11) is 3.77. The Labute approximate surface area is 101 Å². The van der Waals surface area contributed by atoms with Crippen molar-refractivity contribution in [2.24, 2.45) is 7.05 Å². The maximum Gasteiger partial charge on any atom is 0.180 e. The Morgan fingerprint density at radius 1 is 1.35 bits per heavy atom. The lowest BCUT2D eigenvalue weighted by molar-refractivity contribution is 0.768. The lowest BCUT2D eigenvalue weighted by Crippen LogP contribution is -2.06. The molecule has 0 amide bonds. The summed E-state index contributed by atoms with van der Waals surface area (Å²) in [6.45, 7) is 4.12. The molecular weight excluding hydrogens is 214 g/mol. The van der Waals surface area contributed by atoms with Crippen molar-refractivity contribution in [2.45, 2.75) is 20.3 Å². The van der Waals surface area contributed by atoms with Crippen molar-refractivity contribution in [3.8, 4) is 11.5 Å². The van der Waals surface area contributed by atoms with E-state index in [1.54, 1.807) is 10.9 Å². The molecule has 17 heavy (non-hydrogen) atoms. The van der Waals surface area contributed by atoms with E-state index in [1.165, 1.54) is 5.56 Å². The third kappa shape index (κ3) is 2.00.